The zero-order valence-electron chi connectivity index (χ0n) is 13.1. The molecule has 0 atom stereocenters. The molecular formula is C17H21F3N2O. The predicted octanol–water partition coefficient (Wildman–Crippen LogP) is 3.31. The molecule has 6 heteroatoms. The summed E-state index contributed by atoms with van der Waals surface area (Å²) in [4.78, 5) is 13.9. The van der Waals surface area contributed by atoms with Crippen LogP contribution < -0.4 is 5.73 Å². The number of allylic oxidation sites excluding steroid dienone is 1. The number of nitrogens with zero attached hydrogens (tertiary/aromatic N) is 1. The van der Waals surface area contributed by atoms with Gasteiger partial charge in [0, 0.05) is 19.2 Å². The Hall–Kier alpha value is -1.82. The standard InChI is InChI=1S/C17H21F3N2O/c1-12(14-4-2-3-5-15(14)17(18,19)20)10-16(23)22-8-6-13(11-21)7-9-22/h2-5,10,13H,6-9,11,21H2,1H3/b12-10-. The van der Waals surface area contributed by atoms with Crippen molar-refractivity contribution in [2.24, 2.45) is 11.7 Å². The molecule has 0 bridgehead atoms. The second kappa shape index (κ2) is 7.17. The summed E-state index contributed by atoms with van der Waals surface area (Å²) in [6.07, 6.45) is -1.45. The molecule has 0 radical (unpaired) electrons. The van der Waals surface area contributed by atoms with Crippen molar-refractivity contribution in [2.45, 2.75) is 25.9 Å². The maximum absolute atomic E-state index is 13.0. The van der Waals surface area contributed by atoms with Crippen molar-refractivity contribution in [1.82, 2.24) is 4.90 Å². The lowest BCUT2D eigenvalue weighted by Gasteiger charge is -2.30. The number of alkyl halides is 3. The van der Waals surface area contributed by atoms with Crippen molar-refractivity contribution in [3.63, 3.8) is 0 Å². The number of carbonyl (C=O) groups is 1. The van der Waals surface area contributed by atoms with Gasteiger partial charge in [0.05, 0.1) is 5.56 Å². The van der Waals surface area contributed by atoms with Crippen LogP contribution in [0.5, 0.6) is 0 Å². The maximum atomic E-state index is 13.0. The van der Waals surface area contributed by atoms with Crippen LogP contribution in [0.15, 0.2) is 30.3 Å². The molecule has 2 rings (SSSR count). The molecule has 1 aliphatic rings. The molecule has 1 aromatic rings. The Kier molecular flexibility index (Phi) is 5.46. The van der Waals surface area contributed by atoms with Crippen molar-refractivity contribution < 1.29 is 18.0 Å². The van der Waals surface area contributed by atoms with E-state index >= 15 is 0 Å². The van der Waals surface area contributed by atoms with Crippen molar-refractivity contribution in [3.8, 4) is 0 Å². The first-order chi connectivity index (χ1) is 10.8. The highest BCUT2D eigenvalue weighted by atomic mass is 19.4. The molecule has 23 heavy (non-hydrogen) atoms. The Morgan fingerprint density at radius 1 is 1.30 bits per heavy atom. The van der Waals surface area contributed by atoms with E-state index in [1.165, 1.54) is 25.1 Å². The van der Waals surface area contributed by atoms with Gasteiger partial charge in [-0.3, -0.25) is 4.79 Å². The monoisotopic (exact) mass is 326 g/mol. The Morgan fingerprint density at radius 2 is 1.91 bits per heavy atom. The minimum Gasteiger partial charge on any atom is -0.339 e. The van der Waals surface area contributed by atoms with Gasteiger partial charge in [-0.2, -0.15) is 13.2 Å². The molecule has 1 heterocycles. The Balaban J connectivity index is 2.16. The van der Waals surface area contributed by atoms with Crippen LogP contribution >= 0.6 is 0 Å². The topological polar surface area (TPSA) is 46.3 Å². The summed E-state index contributed by atoms with van der Waals surface area (Å²) in [6.45, 7) is 3.35. The van der Waals surface area contributed by atoms with Gasteiger partial charge in [-0.25, -0.2) is 0 Å². The molecule has 0 unspecified atom stereocenters. The fraction of sp³-hybridized carbons (Fsp3) is 0.471. The lowest BCUT2D eigenvalue weighted by molar-refractivity contribution is -0.137. The highest BCUT2D eigenvalue weighted by Gasteiger charge is 2.33. The van der Waals surface area contributed by atoms with Gasteiger partial charge in [0.2, 0.25) is 5.91 Å². The predicted molar refractivity (Wildman–Crippen MR) is 83.5 cm³/mol. The van der Waals surface area contributed by atoms with Crippen LogP contribution in [0.25, 0.3) is 5.57 Å². The molecule has 0 aromatic heterocycles. The number of carbonyl (C=O) groups excluding carboxylic acids is 1. The molecule has 0 saturated carbocycles. The highest BCUT2D eigenvalue weighted by molar-refractivity contribution is 5.95. The molecule has 2 N–H and O–H groups in total. The van der Waals surface area contributed by atoms with Crippen LogP contribution in [0.1, 0.15) is 30.9 Å². The average molecular weight is 326 g/mol. The number of rotatable bonds is 3. The summed E-state index contributed by atoms with van der Waals surface area (Å²) in [5.74, 6) is 0.185. The van der Waals surface area contributed by atoms with E-state index in [9.17, 15) is 18.0 Å². The minimum atomic E-state index is -4.44. The third-order valence-electron chi connectivity index (χ3n) is 4.26. The van der Waals surface area contributed by atoms with E-state index in [2.05, 4.69) is 0 Å². The first kappa shape index (κ1) is 17.5. The Labute approximate surface area is 134 Å². The van der Waals surface area contributed by atoms with Gasteiger partial charge >= 0.3 is 6.18 Å². The zero-order valence-corrected chi connectivity index (χ0v) is 13.1. The molecule has 1 fully saturated rings. The van der Waals surface area contributed by atoms with E-state index in [0.717, 1.165) is 18.9 Å². The third kappa shape index (κ3) is 4.34. The van der Waals surface area contributed by atoms with Crippen molar-refractivity contribution in [2.75, 3.05) is 19.6 Å². The van der Waals surface area contributed by atoms with Crippen LogP contribution in [0, 0.1) is 5.92 Å². The number of hydrogen-bond acceptors (Lipinski definition) is 2. The van der Waals surface area contributed by atoms with Gasteiger partial charge in [0.15, 0.2) is 0 Å². The Bertz CT molecular complexity index is 588. The lowest BCUT2D eigenvalue weighted by Crippen LogP contribution is -2.39. The minimum absolute atomic E-state index is 0.0465. The van der Waals surface area contributed by atoms with E-state index < -0.39 is 11.7 Å². The number of piperidine rings is 1. The van der Waals surface area contributed by atoms with Crippen LogP contribution in [0.2, 0.25) is 0 Å². The highest BCUT2D eigenvalue weighted by Crippen LogP contribution is 2.34. The zero-order chi connectivity index (χ0) is 17.0. The fourth-order valence-electron chi connectivity index (χ4n) is 2.82. The van der Waals surface area contributed by atoms with Gasteiger partial charge in [-0.05, 0) is 49.4 Å². The summed E-state index contributed by atoms with van der Waals surface area (Å²) in [6, 6.07) is 5.31. The molecule has 1 amide bonds. The van der Waals surface area contributed by atoms with Crippen molar-refractivity contribution in [3.05, 3.63) is 41.5 Å². The maximum Gasteiger partial charge on any atom is 0.416 e. The number of hydrogen-bond donors (Lipinski definition) is 1. The van der Waals surface area contributed by atoms with E-state index in [4.69, 9.17) is 5.73 Å². The summed E-state index contributed by atoms with van der Waals surface area (Å²) in [5.41, 5.74) is 5.27. The Morgan fingerprint density at radius 3 is 2.48 bits per heavy atom. The number of halogens is 3. The SMILES string of the molecule is C/C(=C/C(=O)N1CCC(CN)CC1)c1ccccc1C(F)(F)F. The van der Waals surface area contributed by atoms with Gasteiger partial charge in [-0.1, -0.05) is 18.2 Å². The number of benzene rings is 1. The molecule has 1 aromatic carbocycles. The van der Waals surface area contributed by atoms with Crippen LogP contribution in [0.4, 0.5) is 13.2 Å². The summed E-state index contributed by atoms with van der Waals surface area (Å²) in [7, 11) is 0. The second-order valence-corrected chi connectivity index (χ2v) is 5.88. The van der Waals surface area contributed by atoms with Gasteiger partial charge in [0.25, 0.3) is 0 Å². The van der Waals surface area contributed by atoms with Crippen molar-refractivity contribution in [1.29, 1.82) is 0 Å². The molecule has 3 nitrogen and oxygen atoms in total. The van der Waals surface area contributed by atoms with E-state index in [1.807, 2.05) is 0 Å². The quantitative estimate of drug-likeness (QED) is 0.866. The largest absolute Gasteiger partial charge is 0.416 e. The molecule has 1 saturated heterocycles. The first-order valence-electron chi connectivity index (χ1n) is 7.66. The lowest BCUT2D eigenvalue weighted by atomic mass is 9.96. The van der Waals surface area contributed by atoms with Crippen LogP contribution in [-0.2, 0) is 11.0 Å². The van der Waals surface area contributed by atoms with Gasteiger partial charge in [-0.15, -0.1) is 0 Å². The summed E-state index contributed by atoms with van der Waals surface area (Å²) in [5, 5.41) is 0. The number of nitrogens with two attached hydrogens (primary N) is 1. The molecule has 1 aliphatic heterocycles. The summed E-state index contributed by atoms with van der Waals surface area (Å²) < 4.78 is 39.1. The third-order valence-corrected chi connectivity index (χ3v) is 4.26. The fourth-order valence-corrected chi connectivity index (χ4v) is 2.82. The molecule has 0 spiro atoms. The first-order valence-corrected chi connectivity index (χ1v) is 7.66. The second-order valence-electron chi connectivity index (χ2n) is 5.88. The number of amides is 1. The molecular weight excluding hydrogens is 305 g/mol. The van der Waals surface area contributed by atoms with Crippen LogP contribution in [0.3, 0.4) is 0 Å². The molecule has 0 aliphatic carbocycles. The van der Waals surface area contributed by atoms with Crippen molar-refractivity contribution >= 4 is 11.5 Å². The van der Waals surface area contributed by atoms with Crippen LogP contribution in [-0.4, -0.2) is 30.4 Å². The van der Waals surface area contributed by atoms with Gasteiger partial charge in [0.1, 0.15) is 0 Å². The van der Waals surface area contributed by atoms with E-state index in [-0.39, 0.29) is 11.5 Å². The normalized spacial score (nSPS) is 17.4. The van der Waals surface area contributed by atoms with E-state index in [1.54, 1.807) is 11.0 Å². The summed E-state index contributed by atoms with van der Waals surface area (Å²) >= 11 is 0. The van der Waals surface area contributed by atoms with E-state index in [0.29, 0.717) is 31.1 Å². The number of likely N-dealkylation sites (tertiary alicyclic amines) is 1. The average Bonchev–Trinajstić information content (AvgIpc) is 2.54. The molecule has 126 valence electrons. The van der Waals surface area contributed by atoms with Gasteiger partial charge < -0.3 is 10.6 Å². The smallest absolute Gasteiger partial charge is 0.339 e.